The van der Waals surface area contributed by atoms with Crippen molar-refractivity contribution in [2.45, 2.75) is 19.1 Å². The van der Waals surface area contributed by atoms with Crippen molar-refractivity contribution in [2.75, 3.05) is 25.1 Å². The number of nitrogens with zero attached hydrogens (tertiary/aromatic N) is 1. The quantitative estimate of drug-likeness (QED) is 0.866. The molecule has 1 amide bonds. The lowest BCUT2D eigenvalue weighted by Gasteiger charge is -2.22. The predicted octanol–water partition coefficient (Wildman–Crippen LogP) is 1.25. The van der Waals surface area contributed by atoms with Crippen LogP contribution in [0.25, 0.3) is 0 Å². The molecule has 5 nitrogen and oxygen atoms in total. The van der Waals surface area contributed by atoms with Crippen LogP contribution in [0.15, 0.2) is 18.2 Å². The Morgan fingerprint density at radius 3 is 3.11 bits per heavy atom. The Morgan fingerprint density at radius 1 is 1.63 bits per heavy atom. The van der Waals surface area contributed by atoms with Gasteiger partial charge in [0.05, 0.1) is 25.4 Å². The summed E-state index contributed by atoms with van der Waals surface area (Å²) in [6.45, 7) is 0.921. The van der Waals surface area contributed by atoms with Gasteiger partial charge < -0.3 is 20.1 Å². The summed E-state index contributed by atoms with van der Waals surface area (Å²) in [6, 6.07) is 4.57. The molecule has 0 radical (unpaired) electrons. The maximum atomic E-state index is 13.9. The third kappa shape index (κ3) is 2.96. The van der Waals surface area contributed by atoms with E-state index >= 15 is 0 Å². The zero-order valence-electron chi connectivity index (χ0n) is 10.7. The summed E-state index contributed by atoms with van der Waals surface area (Å²) in [6.07, 6.45) is 0.233. The van der Waals surface area contributed by atoms with Crippen LogP contribution >= 0.6 is 0 Å². The number of amides is 1. The van der Waals surface area contributed by atoms with Gasteiger partial charge in [-0.05, 0) is 12.5 Å². The van der Waals surface area contributed by atoms with Gasteiger partial charge in [0.2, 0.25) is 0 Å². The molecule has 0 bridgehead atoms. The van der Waals surface area contributed by atoms with Crippen molar-refractivity contribution in [3.63, 3.8) is 0 Å². The van der Waals surface area contributed by atoms with Gasteiger partial charge in [0, 0.05) is 18.7 Å². The molecule has 1 fully saturated rings. The van der Waals surface area contributed by atoms with E-state index < -0.39 is 6.09 Å². The highest BCUT2D eigenvalue weighted by Gasteiger charge is 2.27. The molecule has 2 rings (SSSR count). The number of aliphatic hydroxyl groups is 1. The number of para-hydroxylation sites is 1. The standard InChI is InChI=1S/C13H17FN2O3/c1-19-13(18)15-10-5-6-16(7-10)12-9(8-17)3-2-4-11(12)14/h2-4,10,17H,5-8H2,1H3,(H,15,18). The first-order valence-corrected chi connectivity index (χ1v) is 6.13. The van der Waals surface area contributed by atoms with Gasteiger partial charge in [0.1, 0.15) is 5.82 Å². The Hall–Kier alpha value is -1.82. The van der Waals surface area contributed by atoms with Crippen molar-refractivity contribution in [3.05, 3.63) is 29.6 Å². The molecule has 0 saturated carbocycles. The van der Waals surface area contributed by atoms with Gasteiger partial charge in [0.15, 0.2) is 0 Å². The van der Waals surface area contributed by atoms with Crippen LogP contribution in [0, 0.1) is 5.82 Å². The fourth-order valence-corrected chi connectivity index (χ4v) is 2.35. The number of carbonyl (C=O) groups excluding carboxylic acids is 1. The van der Waals surface area contributed by atoms with Crippen molar-refractivity contribution in [3.8, 4) is 0 Å². The second kappa shape index (κ2) is 5.88. The van der Waals surface area contributed by atoms with E-state index in [1.54, 1.807) is 12.1 Å². The number of methoxy groups -OCH3 is 1. The van der Waals surface area contributed by atoms with E-state index in [2.05, 4.69) is 10.1 Å². The molecule has 1 aliphatic heterocycles. The first kappa shape index (κ1) is 13.6. The smallest absolute Gasteiger partial charge is 0.407 e. The maximum Gasteiger partial charge on any atom is 0.407 e. The highest BCUT2D eigenvalue weighted by atomic mass is 19.1. The highest BCUT2D eigenvalue weighted by molar-refractivity contribution is 5.67. The molecule has 1 heterocycles. The molecular weight excluding hydrogens is 251 g/mol. The number of aliphatic hydroxyl groups excluding tert-OH is 1. The van der Waals surface area contributed by atoms with Gasteiger partial charge >= 0.3 is 6.09 Å². The molecule has 2 N–H and O–H groups in total. The molecule has 19 heavy (non-hydrogen) atoms. The minimum absolute atomic E-state index is 0.0707. The van der Waals surface area contributed by atoms with Crippen LogP contribution in [0.3, 0.4) is 0 Å². The Balaban J connectivity index is 2.10. The zero-order valence-corrected chi connectivity index (χ0v) is 10.7. The van der Waals surface area contributed by atoms with Crippen LogP contribution in [0.4, 0.5) is 14.9 Å². The molecule has 0 aromatic heterocycles. The van der Waals surface area contributed by atoms with Crippen molar-refractivity contribution >= 4 is 11.8 Å². The largest absolute Gasteiger partial charge is 0.453 e. The number of hydrogen-bond donors (Lipinski definition) is 2. The summed E-state index contributed by atoms with van der Waals surface area (Å²) < 4.78 is 18.4. The molecule has 1 aliphatic rings. The second-order valence-electron chi connectivity index (χ2n) is 4.47. The number of nitrogens with one attached hydrogen (secondary N) is 1. The number of benzene rings is 1. The molecule has 1 saturated heterocycles. The molecule has 1 aromatic carbocycles. The summed E-state index contributed by atoms with van der Waals surface area (Å²) in [7, 11) is 1.31. The lowest BCUT2D eigenvalue weighted by molar-refractivity contribution is 0.167. The van der Waals surface area contributed by atoms with Crippen molar-refractivity contribution in [1.82, 2.24) is 5.32 Å². The fraction of sp³-hybridized carbons (Fsp3) is 0.462. The third-order valence-electron chi connectivity index (χ3n) is 3.25. The molecule has 6 heteroatoms. The molecular formula is C13H17FN2O3. The molecule has 1 atom stereocenters. The van der Waals surface area contributed by atoms with Crippen molar-refractivity contribution < 1.29 is 19.0 Å². The summed E-state index contributed by atoms with van der Waals surface area (Å²) in [4.78, 5) is 13.0. The number of halogens is 1. The number of alkyl carbamates (subject to hydrolysis) is 1. The van der Waals surface area contributed by atoms with Crippen molar-refractivity contribution in [1.29, 1.82) is 0 Å². The molecule has 1 unspecified atom stereocenters. The van der Waals surface area contributed by atoms with E-state index in [1.807, 2.05) is 4.90 Å². The minimum atomic E-state index is -0.484. The SMILES string of the molecule is COC(=O)NC1CCN(c2c(F)cccc2CO)C1. The first-order valence-electron chi connectivity index (χ1n) is 6.13. The van der Waals surface area contributed by atoms with Gasteiger partial charge in [-0.25, -0.2) is 9.18 Å². The fourth-order valence-electron chi connectivity index (χ4n) is 2.35. The predicted molar refractivity (Wildman–Crippen MR) is 68.5 cm³/mol. The molecule has 0 spiro atoms. The summed E-state index contributed by atoms with van der Waals surface area (Å²) in [5.74, 6) is -0.356. The Labute approximate surface area is 111 Å². The summed E-state index contributed by atoms with van der Waals surface area (Å²) >= 11 is 0. The normalized spacial score (nSPS) is 18.5. The van der Waals surface area contributed by atoms with E-state index in [4.69, 9.17) is 0 Å². The zero-order chi connectivity index (χ0) is 13.8. The van der Waals surface area contributed by atoms with E-state index in [0.717, 1.165) is 0 Å². The average molecular weight is 268 g/mol. The van der Waals surface area contributed by atoms with Crippen LogP contribution in [0.5, 0.6) is 0 Å². The van der Waals surface area contributed by atoms with Gasteiger partial charge in [-0.15, -0.1) is 0 Å². The van der Waals surface area contributed by atoms with Crippen LogP contribution in [0.2, 0.25) is 0 Å². The molecule has 0 aliphatic carbocycles. The van der Waals surface area contributed by atoms with Crippen molar-refractivity contribution in [2.24, 2.45) is 0 Å². The number of carbonyl (C=O) groups is 1. The lowest BCUT2D eigenvalue weighted by atomic mass is 10.1. The Bertz CT molecular complexity index is 467. The maximum absolute atomic E-state index is 13.9. The minimum Gasteiger partial charge on any atom is -0.453 e. The number of anilines is 1. The van der Waals surface area contributed by atoms with Gasteiger partial charge in [-0.2, -0.15) is 0 Å². The molecule has 104 valence electrons. The second-order valence-corrected chi connectivity index (χ2v) is 4.47. The van der Waals surface area contributed by atoms with Crippen LogP contribution in [-0.2, 0) is 11.3 Å². The lowest BCUT2D eigenvalue weighted by Crippen LogP contribution is -2.37. The van der Waals surface area contributed by atoms with Gasteiger partial charge in [0.25, 0.3) is 0 Å². The third-order valence-corrected chi connectivity index (χ3v) is 3.25. The Morgan fingerprint density at radius 2 is 2.42 bits per heavy atom. The van der Waals surface area contributed by atoms with E-state index in [0.29, 0.717) is 30.8 Å². The monoisotopic (exact) mass is 268 g/mol. The summed E-state index contributed by atoms with van der Waals surface area (Å²) in [5, 5.41) is 12.0. The van der Waals surface area contributed by atoms with Gasteiger partial charge in [-0.3, -0.25) is 0 Å². The molecule has 1 aromatic rings. The van der Waals surface area contributed by atoms with E-state index in [9.17, 15) is 14.3 Å². The van der Waals surface area contributed by atoms with Gasteiger partial charge in [-0.1, -0.05) is 12.1 Å². The number of ether oxygens (including phenoxy) is 1. The Kier molecular flexibility index (Phi) is 4.21. The average Bonchev–Trinajstić information content (AvgIpc) is 2.86. The summed E-state index contributed by atoms with van der Waals surface area (Å²) in [5.41, 5.74) is 0.970. The number of rotatable bonds is 3. The van der Waals surface area contributed by atoms with Crippen LogP contribution < -0.4 is 10.2 Å². The topological polar surface area (TPSA) is 61.8 Å². The van der Waals surface area contributed by atoms with E-state index in [1.165, 1.54) is 13.2 Å². The first-order chi connectivity index (χ1) is 9.15. The van der Waals surface area contributed by atoms with E-state index in [-0.39, 0.29) is 18.5 Å². The van der Waals surface area contributed by atoms with Crippen LogP contribution in [0.1, 0.15) is 12.0 Å². The number of hydrogen-bond acceptors (Lipinski definition) is 4. The van der Waals surface area contributed by atoms with Crippen LogP contribution in [-0.4, -0.2) is 37.4 Å². The highest BCUT2D eigenvalue weighted by Crippen LogP contribution is 2.28.